The number of nitro benzene ring substituents is 1. The van der Waals surface area contributed by atoms with Crippen molar-refractivity contribution < 1.29 is 19.3 Å². The minimum Gasteiger partial charge on any atom is -0.381 e. The Labute approximate surface area is 147 Å². The molecule has 2 aliphatic heterocycles. The Bertz CT molecular complexity index is 950. The Morgan fingerprint density at radius 1 is 1.04 bits per heavy atom. The fraction of sp³-hybridized carbons (Fsp3) is 0.167. The fourth-order valence-corrected chi connectivity index (χ4v) is 3.12. The average molecular weight is 351 g/mol. The maximum absolute atomic E-state index is 12.9. The second kappa shape index (κ2) is 5.76. The maximum atomic E-state index is 12.9. The first-order valence-electron chi connectivity index (χ1n) is 7.90. The van der Waals surface area contributed by atoms with Gasteiger partial charge in [-0.25, -0.2) is 4.90 Å². The van der Waals surface area contributed by atoms with Gasteiger partial charge in [-0.15, -0.1) is 0 Å². The lowest BCUT2D eigenvalue weighted by Gasteiger charge is -2.15. The van der Waals surface area contributed by atoms with Crippen LogP contribution in [0.2, 0.25) is 0 Å². The van der Waals surface area contributed by atoms with Crippen molar-refractivity contribution in [2.75, 3.05) is 4.90 Å². The Kier molecular flexibility index (Phi) is 3.54. The molecule has 4 rings (SSSR count). The summed E-state index contributed by atoms with van der Waals surface area (Å²) in [6.45, 7) is 1.91. The number of non-ortho nitro benzene ring substituents is 1. The zero-order valence-electron chi connectivity index (χ0n) is 13.7. The highest BCUT2D eigenvalue weighted by Crippen LogP contribution is 2.35. The van der Waals surface area contributed by atoms with Crippen molar-refractivity contribution in [2.45, 2.75) is 13.0 Å². The summed E-state index contributed by atoms with van der Waals surface area (Å²) in [6.07, 6.45) is -1.01. The van der Waals surface area contributed by atoms with Crippen molar-refractivity contribution in [3.63, 3.8) is 0 Å². The van der Waals surface area contributed by atoms with Gasteiger partial charge in [0.2, 0.25) is 12.0 Å². The fourth-order valence-electron chi connectivity index (χ4n) is 3.12. The molecule has 26 heavy (non-hydrogen) atoms. The molecule has 1 saturated heterocycles. The largest absolute Gasteiger partial charge is 0.381 e. The lowest BCUT2D eigenvalue weighted by molar-refractivity contribution is -0.384. The molecule has 2 amide bonds. The van der Waals surface area contributed by atoms with Crippen molar-refractivity contribution >= 4 is 28.9 Å². The molecule has 130 valence electrons. The van der Waals surface area contributed by atoms with Crippen LogP contribution in [-0.2, 0) is 14.4 Å². The van der Waals surface area contributed by atoms with Crippen LogP contribution in [0.25, 0.3) is 0 Å². The molecule has 2 atom stereocenters. The van der Waals surface area contributed by atoms with Crippen LogP contribution < -0.4 is 4.90 Å². The Morgan fingerprint density at radius 3 is 2.31 bits per heavy atom. The van der Waals surface area contributed by atoms with Crippen LogP contribution >= 0.6 is 0 Å². The predicted molar refractivity (Wildman–Crippen MR) is 91.7 cm³/mol. The van der Waals surface area contributed by atoms with Gasteiger partial charge in [-0.3, -0.25) is 19.7 Å². The van der Waals surface area contributed by atoms with Gasteiger partial charge in [0.05, 0.1) is 10.6 Å². The summed E-state index contributed by atoms with van der Waals surface area (Å²) in [5, 5.41) is 14.7. The number of amides is 2. The van der Waals surface area contributed by atoms with E-state index < -0.39 is 28.8 Å². The first kappa shape index (κ1) is 15.9. The van der Waals surface area contributed by atoms with Crippen molar-refractivity contribution in [3.8, 4) is 0 Å². The number of hydrogen-bond donors (Lipinski definition) is 0. The number of nitrogens with zero attached hydrogens (tertiary/aromatic N) is 3. The number of carbonyl (C=O) groups excluding carboxylic acids is 2. The zero-order chi connectivity index (χ0) is 18.4. The summed E-state index contributed by atoms with van der Waals surface area (Å²) in [5.74, 6) is -1.74. The van der Waals surface area contributed by atoms with Crippen LogP contribution in [0.4, 0.5) is 11.4 Å². The number of rotatable bonds is 3. The van der Waals surface area contributed by atoms with E-state index in [1.54, 1.807) is 12.1 Å². The molecular formula is C18H13N3O5. The molecule has 8 nitrogen and oxygen atoms in total. The molecule has 0 radical (unpaired) electrons. The zero-order valence-corrected chi connectivity index (χ0v) is 13.7. The molecule has 0 N–H and O–H groups in total. The molecule has 0 bridgehead atoms. The quantitative estimate of drug-likeness (QED) is 0.479. The molecule has 0 spiro atoms. The number of hydrogen-bond acceptors (Lipinski definition) is 6. The summed E-state index contributed by atoms with van der Waals surface area (Å²) in [7, 11) is 0. The van der Waals surface area contributed by atoms with Gasteiger partial charge in [-0.2, -0.15) is 0 Å². The number of oxime groups is 1. The van der Waals surface area contributed by atoms with Gasteiger partial charge in [0, 0.05) is 17.7 Å². The summed E-state index contributed by atoms with van der Waals surface area (Å²) >= 11 is 0. The minimum absolute atomic E-state index is 0.0695. The molecule has 2 aromatic rings. The highest BCUT2D eigenvalue weighted by Gasteiger charge is 2.56. The van der Waals surface area contributed by atoms with E-state index in [0.29, 0.717) is 17.0 Å². The normalized spacial score (nSPS) is 21.4. The maximum Gasteiger partial charge on any atom is 0.278 e. The molecule has 1 fully saturated rings. The number of fused-ring (bicyclic) bond motifs is 1. The number of nitro groups is 1. The number of aryl methyl sites for hydroxylation is 1. The van der Waals surface area contributed by atoms with Gasteiger partial charge in [0.1, 0.15) is 11.6 Å². The first-order chi connectivity index (χ1) is 12.5. The van der Waals surface area contributed by atoms with Crippen LogP contribution in [-0.4, -0.2) is 28.6 Å². The van der Waals surface area contributed by atoms with Gasteiger partial charge in [-0.05, 0) is 31.2 Å². The number of imide groups is 1. The third-order valence-electron chi connectivity index (χ3n) is 4.48. The van der Waals surface area contributed by atoms with Crippen LogP contribution in [0.15, 0.2) is 53.7 Å². The lowest BCUT2D eigenvalue weighted by Crippen LogP contribution is -2.33. The van der Waals surface area contributed by atoms with Crippen LogP contribution in [0, 0.1) is 23.0 Å². The Hall–Kier alpha value is -3.55. The van der Waals surface area contributed by atoms with Crippen LogP contribution in [0.5, 0.6) is 0 Å². The Morgan fingerprint density at radius 2 is 1.69 bits per heavy atom. The number of benzene rings is 2. The molecule has 2 aliphatic rings. The predicted octanol–water partition coefficient (Wildman–Crippen LogP) is 2.20. The third kappa shape index (κ3) is 2.34. The third-order valence-corrected chi connectivity index (χ3v) is 4.48. The van der Waals surface area contributed by atoms with E-state index in [2.05, 4.69) is 5.16 Å². The number of anilines is 1. The van der Waals surface area contributed by atoms with Crippen molar-refractivity contribution in [2.24, 2.45) is 11.1 Å². The van der Waals surface area contributed by atoms with Crippen molar-refractivity contribution in [3.05, 3.63) is 69.8 Å². The summed E-state index contributed by atoms with van der Waals surface area (Å²) in [4.78, 5) is 42.1. The monoisotopic (exact) mass is 351 g/mol. The lowest BCUT2D eigenvalue weighted by atomic mass is 9.94. The van der Waals surface area contributed by atoms with E-state index in [0.717, 1.165) is 10.5 Å². The van der Waals surface area contributed by atoms with E-state index in [-0.39, 0.29) is 5.69 Å². The van der Waals surface area contributed by atoms with Gasteiger partial charge in [-0.1, -0.05) is 22.9 Å². The first-order valence-corrected chi connectivity index (χ1v) is 7.90. The topological polar surface area (TPSA) is 102 Å². The average Bonchev–Trinajstić information content (AvgIpc) is 3.17. The van der Waals surface area contributed by atoms with Gasteiger partial charge in [0.15, 0.2) is 0 Å². The van der Waals surface area contributed by atoms with Gasteiger partial charge in [0.25, 0.3) is 11.6 Å². The van der Waals surface area contributed by atoms with E-state index in [4.69, 9.17) is 4.84 Å². The highest BCUT2D eigenvalue weighted by molar-refractivity contribution is 6.32. The minimum atomic E-state index is -1.01. The van der Waals surface area contributed by atoms with Crippen molar-refractivity contribution in [1.82, 2.24) is 0 Å². The molecule has 0 aromatic heterocycles. The smallest absolute Gasteiger partial charge is 0.278 e. The number of carbonyl (C=O) groups is 2. The van der Waals surface area contributed by atoms with Crippen molar-refractivity contribution in [1.29, 1.82) is 0 Å². The highest BCUT2D eigenvalue weighted by atomic mass is 16.7. The summed E-state index contributed by atoms with van der Waals surface area (Å²) in [5.41, 5.74) is 2.23. The standard InChI is InChI=1S/C18H13N3O5/c1-10-2-6-12(7-3-10)20-17(22)14-15(19-26-16(14)18(20)23)11-4-8-13(9-5-11)21(24)25/h2-9,14,16H,1H3/t14-,16+/m1/s1. The SMILES string of the molecule is Cc1ccc(N2C(=O)[C@@H]3C(c4ccc([N+](=O)[O-])cc4)=NO[C@@H]3C2=O)cc1. The second-order valence-corrected chi connectivity index (χ2v) is 6.13. The molecular weight excluding hydrogens is 338 g/mol. The molecule has 0 saturated carbocycles. The van der Waals surface area contributed by atoms with Gasteiger partial charge < -0.3 is 4.84 Å². The van der Waals surface area contributed by atoms with E-state index in [9.17, 15) is 19.7 Å². The van der Waals surface area contributed by atoms with E-state index in [1.807, 2.05) is 19.1 Å². The van der Waals surface area contributed by atoms with Crippen LogP contribution in [0.1, 0.15) is 11.1 Å². The Balaban J connectivity index is 1.66. The van der Waals surface area contributed by atoms with E-state index >= 15 is 0 Å². The molecule has 8 heteroatoms. The second-order valence-electron chi connectivity index (χ2n) is 6.13. The van der Waals surface area contributed by atoms with Crippen LogP contribution in [0.3, 0.4) is 0 Å². The van der Waals surface area contributed by atoms with Gasteiger partial charge >= 0.3 is 0 Å². The molecule has 2 heterocycles. The molecule has 0 aliphatic carbocycles. The summed E-state index contributed by atoms with van der Waals surface area (Å²) < 4.78 is 0. The van der Waals surface area contributed by atoms with E-state index in [1.165, 1.54) is 24.3 Å². The molecule has 0 unspecified atom stereocenters. The summed E-state index contributed by atoms with van der Waals surface area (Å²) in [6, 6.07) is 12.7. The molecule has 2 aromatic carbocycles.